The van der Waals surface area contributed by atoms with Crippen LogP contribution >= 0.6 is 0 Å². The molecule has 0 heterocycles. The summed E-state index contributed by atoms with van der Waals surface area (Å²) in [6, 6.07) is 51.8. The zero-order valence-corrected chi connectivity index (χ0v) is 25.9. The molecule has 0 saturated heterocycles. The first-order valence-electron chi connectivity index (χ1n) is 18.8. The van der Waals surface area contributed by atoms with E-state index in [0.29, 0.717) is 5.56 Å². The Kier molecular flexibility index (Phi) is 4.95. The lowest BCUT2D eigenvalue weighted by Crippen LogP contribution is -1.91. The zero-order valence-electron chi connectivity index (χ0n) is 30.9. The van der Waals surface area contributed by atoms with Crippen LogP contribution in [0.3, 0.4) is 0 Å². The number of hydrogen-bond donors (Lipinski definition) is 0. The van der Waals surface area contributed by atoms with Crippen LogP contribution in [-0.2, 0) is 0 Å². The van der Waals surface area contributed by atoms with Gasteiger partial charge in [0.25, 0.3) is 0 Å². The van der Waals surface area contributed by atoms with Crippen molar-refractivity contribution >= 4 is 53.9 Å². The quantitative estimate of drug-likeness (QED) is 0.137. The van der Waals surface area contributed by atoms with Gasteiger partial charge in [0.1, 0.15) is 0 Å². The van der Waals surface area contributed by atoms with E-state index < -0.39 is 6.04 Å². The largest absolute Gasteiger partial charge is 0.0629 e. The molecular weight excluding hydrogens is 577 g/mol. The normalized spacial score (nSPS) is 13.2. The second-order valence-corrected chi connectivity index (χ2v) is 12.5. The molecule has 222 valence electrons. The van der Waals surface area contributed by atoms with Crippen LogP contribution in [0.4, 0.5) is 0 Å². The minimum absolute atomic E-state index is 0.203. The second-order valence-electron chi connectivity index (χ2n) is 12.5. The Labute approximate surface area is 286 Å². The molecule has 0 atom stereocenters. The summed E-state index contributed by atoms with van der Waals surface area (Å²) in [6.45, 7) is 0. The number of benzene rings is 10. The molecule has 48 heavy (non-hydrogen) atoms. The van der Waals surface area contributed by atoms with Crippen molar-refractivity contribution in [2.75, 3.05) is 0 Å². The highest BCUT2D eigenvalue weighted by Gasteiger charge is 2.17. The molecule has 0 nitrogen and oxygen atoms in total. The van der Waals surface area contributed by atoms with Gasteiger partial charge in [-0.3, -0.25) is 0 Å². The van der Waals surface area contributed by atoms with E-state index in [-0.39, 0.29) is 29.7 Å². The Bertz CT molecular complexity index is 3020. The van der Waals surface area contributed by atoms with Crippen LogP contribution in [0.2, 0.25) is 0 Å². The monoisotopic (exact) mass is 611 g/mol. The summed E-state index contributed by atoms with van der Waals surface area (Å²) in [5, 5.41) is 11.2. The first-order chi connectivity index (χ1) is 25.9. The van der Waals surface area contributed by atoms with Crippen LogP contribution in [0, 0.1) is 0 Å². The third-order valence-electron chi connectivity index (χ3n) is 9.87. The molecule has 0 saturated carbocycles. The molecular formula is C48H30. The Balaban J connectivity index is 1.16. The highest BCUT2D eigenvalue weighted by atomic mass is 14.2. The molecule has 10 aromatic carbocycles. The first-order valence-corrected chi connectivity index (χ1v) is 16.3. The van der Waals surface area contributed by atoms with Crippen molar-refractivity contribution in [1.82, 2.24) is 0 Å². The second kappa shape index (κ2) is 10.7. The molecule has 0 aliphatic heterocycles. The lowest BCUT2D eigenvalue weighted by atomic mass is 9.85. The molecule has 0 fully saturated rings. The van der Waals surface area contributed by atoms with Gasteiger partial charge in [0.05, 0.1) is 6.85 Å². The van der Waals surface area contributed by atoms with Gasteiger partial charge < -0.3 is 0 Å². The maximum Gasteiger partial charge on any atom is 0.0629 e. The van der Waals surface area contributed by atoms with Gasteiger partial charge in [-0.25, -0.2) is 0 Å². The highest BCUT2D eigenvalue weighted by molar-refractivity contribution is 6.25. The van der Waals surface area contributed by atoms with Crippen LogP contribution < -0.4 is 0 Å². The van der Waals surface area contributed by atoms with E-state index in [1.165, 1.54) is 37.9 Å². The lowest BCUT2D eigenvalue weighted by molar-refractivity contribution is 1.60. The fourth-order valence-corrected chi connectivity index (χ4v) is 7.79. The summed E-state index contributed by atoms with van der Waals surface area (Å²) in [5.41, 5.74) is 7.50. The van der Waals surface area contributed by atoms with E-state index in [1.54, 1.807) is 0 Å². The molecule has 0 aliphatic rings. The summed E-state index contributed by atoms with van der Waals surface area (Å²) >= 11 is 0. The molecule has 0 heteroatoms. The third kappa shape index (κ3) is 4.10. The van der Waals surface area contributed by atoms with Gasteiger partial charge in [-0.2, -0.15) is 0 Å². The van der Waals surface area contributed by atoms with Gasteiger partial charge in [0, 0.05) is 0 Å². The third-order valence-corrected chi connectivity index (χ3v) is 9.87. The van der Waals surface area contributed by atoms with Crippen molar-refractivity contribution in [3.05, 3.63) is 182 Å². The average Bonchev–Trinajstić information content (AvgIpc) is 3.21. The Morgan fingerprint density at radius 1 is 0.312 bits per heavy atom. The van der Waals surface area contributed by atoms with E-state index in [0.717, 1.165) is 49.4 Å². The van der Waals surface area contributed by atoms with Gasteiger partial charge in [-0.05, 0) is 111 Å². The zero-order chi connectivity index (χ0) is 36.0. The molecule has 0 bridgehead atoms. The van der Waals surface area contributed by atoms with Crippen LogP contribution in [0.1, 0.15) is 6.85 Å². The average molecular weight is 612 g/mol. The van der Waals surface area contributed by atoms with Crippen molar-refractivity contribution in [2.45, 2.75) is 0 Å². The number of rotatable bonds is 4. The summed E-state index contributed by atoms with van der Waals surface area (Å²) in [5.74, 6) is 0. The van der Waals surface area contributed by atoms with Gasteiger partial charge in [0.15, 0.2) is 0 Å². The molecule has 0 N–H and O–H groups in total. The molecule has 10 aromatic rings. The van der Waals surface area contributed by atoms with Crippen molar-refractivity contribution in [3.8, 4) is 44.5 Å². The predicted molar refractivity (Wildman–Crippen MR) is 207 cm³/mol. The maximum atomic E-state index is 8.87. The maximum absolute atomic E-state index is 8.87. The standard InChI is InChI=1S/C48H30/c1-2-11-31(12-3-1)46-40-19-4-6-21-42(40)47(43-22-7-5-20-41(43)46)38-18-10-16-36(30-38)35-15-9-17-37(29-35)39-27-25-34-24-23-32-13-8-14-33-26-28-44(39)48(34)45(32)33/h1-30H/i1D,2D,3D,11D,12D. The topological polar surface area (TPSA) is 0 Å². The summed E-state index contributed by atoms with van der Waals surface area (Å²) < 4.78 is 42.8. The van der Waals surface area contributed by atoms with Crippen molar-refractivity contribution < 1.29 is 6.85 Å². The molecule has 0 radical (unpaired) electrons. The summed E-state index contributed by atoms with van der Waals surface area (Å²) in [7, 11) is 0. The van der Waals surface area contributed by atoms with Gasteiger partial charge in [0.2, 0.25) is 0 Å². The molecule has 0 spiro atoms. The van der Waals surface area contributed by atoms with Crippen LogP contribution in [0.15, 0.2) is 182 Å². The fraction of sp³-hybridized carbons (Fsp3) is 0. The van der Waals surface area contributed by atoms with Crippen LogP contribution in [0.5, 0.6) is 0 Å². The van der Waals surface area contributed by atoms with E-state index in [4.69, 9.17) is 6.85 Å². The first kappa shape index (κ1) is 22.3. The molecule has 0 aliphatic carbocycles. The molecule has 0 amide bonds. The Hall–Kier alpha value is -6.24. The fourth-order valence-electron chi connectivity index (χ4n) is 7.79. The van der Waals surface area contributed by atoms with E-state index in [1.807, 2.05) is 36.4 Å². The van der Waals surface area contributed by atoms with Crippen molar-refractivity contribution in [2.24, 2.45) is 0 Å². The molecule has 0 unspecified atom stereocenters. The van der Waals surface area contributed by atoms with Gasteiger partial charge >= 0.3 is 0 Å². The molecule has 0 aromatic heterocycles. The number of fused-ring (bicyclic) bond motifs is 2. The van der Waals surface area contributed by atoms with Crippen LogP contribution in [-0.4, -0.2) is 0 Å². The number of hydrogen-bond acceptors (Lipinski definition) is 0. The minimum Gasteiger partial charge on any atom is -0.0622 e. The van der Waals surface area contributed by atoms with Crippen LogP contribution in [0.25, 0.3) is 98.4 Å². The van der Waals surface area contributed by atoms with Gasteiger partial charge in [-0.1, -0.05) is 170 Å². The van der Waals surface area contributed by atoms with Gasteiger partial charge in [-0.15, -0.1) is 0 Å². The van der Waals surface area contributed by atoms with E-state index in [2.05, 4.69) is 115 Å². The summed E-state index contributed by atoms with van der Waals surface area (Å²) in [4.78, 5) is 0. The highest BCUT2D eigenvalue weighted by Crippen LogP contribution is 2.45. The predicted octanol–water partition coefficient (Wildman–Crippen LogP) is 13.6. The van der Waals surface area contributed by atoms with E-state index >= 15 is 0 Å². The SMILES string of the molecule is [2H]c1c([2H])c([2H])c(-c2c3ccccc3c(-c3cccc(-c4cccc(-c5ccc6ccc7cccc8ccc5c6c78)c4)c3)c3ccccc23)c([2H])c1[2H]. The Morgan fingerprint density at radius 2 is 0.792 bits per heavy atom. The van der Waals surface area contributed by atoms with E-state index in [9.17, 15) is 0 Å². The Morgan fingerprint density at radius 3 is 1.44 bits per heavy atom. The lowest BCUT2D eigenvalue weighted by Gasteiger charge is -2.18. The van der Waals surface area contributed by atoms with Crippen molar-refractivity contribution in [1.29, 1.82) is 0 Å². The summed E-state index contributed by atoms with van der Waals surface area (Å²) in [6.07, 6.45) is 0. The minimum atomic E-state index is -0.394. The molecule has 10 rings (SSSR count). The van der Waals surface area contributed by atoms with Crippen molar-refractivity contribution in [3.63, 3.8) is 0 Å². The smallest absolute Gasteiger partial charge is 0.0622 e.